The van der Waals surface area contributed by atoms with Gasteiger partial charge in [0.15, 0.2) is 0 Å². The molecule has 0 aliphatic carbocycles. The molecule has 0 amide bonds. The van der Waals surface area contributed by atoms with Crippen molar-refractivity contribution in [2.75, 3.05) is 40.3 Å². The Bertz CT molecular complexity index is 117. The fraction of sp³-hybridized carbons (Fsp3) is 1.00. The third kappa shape index (κ3) is 10.1. The quantitative estimate of drug-likeness (QED) is 0.425. The molecule has 0 aromatic carbocycles. The second-order valence-corrected chi connectivity index (χ2v) is 5.04. The predicted octanol–water partition coefficient (Wildman–Crippen LogP) is -6.62. The Hall–Kier alpha value is 0.880. The van der Waals surface area contributed by atoms with E-state index < -0.39 is 0 Å². The van der Waals surface area contributed by atoms with Crippen LogP contribution in [0.15, 0.2) is 0 Å². The van der Waals surface area contributed by atoms with Crippen molar-refractivity contribution in [1.29, 1.82) is 0 Å². The molecule has 2 heterocycles. The molecule has 2 nitrogen and oxygen atoms in total. The molecular formula is C12H28Br2N2. The lowest BCUT2D eigenvalue weighted by atomic mass is 10.1. The Balaban J connectivity index is 0. The second-order valence-electron chi connectivity index (χ2n) is 5.04. The summed E-state index contributed by atoms with van der Waals surface area (Å²) in [5.74, 6) is 0. The number of hydrogen-bond donors (Lipinski definition) is 2. The zero-order valence-corrected chi connectivity index (χ0v) is 14.0. The minimum Gasteiger partial charge on any atom is -1.00 e. The molecule has 0 radical (unpaired) electrons. The van der Waals surface area contributed by atoms with Crippen molar-refractivity contribution in [3.05, 3.63) is 0 Å². The number of nitrogens with one attached hydrogen (secondary N) is 2. The van der Waals surface area contributed by atoms with Gasteiger partial charge in [0.2, 0.25) is 0 Å². The van der Waals surface area contributed by atoms with E-state index in [4.69, 9.17) is 0 Å². The van der Waals surface area contributed by atoms with Gasteiger partial charge in [-0.05, 0) is 38.5 Å². The zero-order chi connectivity index (χ0) is 10.2. The molecule has 2 aliphatic heterocycles. The first kappa shape index (κ1) is 19.2. The van der Waals surface area contributed by atoms with E-state index >= 15 is 0 Å². The van der Waals surface area contributed by atoms with Crippen molar-refractivity contribution in [3.63, 3.8) is 0 Å². The summed E-state index contributed by atoms with van der Waals surface area (Å²) in [6.07, 6.45) is 8.74. The number of rotatable bonds is 0. The monoisotopic (exact) mass is 358 g/mol. The van der Waals surface area contributed by atoms with Crippen LogP contribution in [0, 0.1) is 0 Å². The minimum absolute atomic E-state index is 0. The Labute approximate surface area is 122 Å². The third-order valence-corrected chi connectivity index (χ3v) is 3.41. The van der Waals surface area contributed by atoms with Gasteiger partial charge in [-0.3, -0.25) is 0 Å². The lowest BCUT2D eigenvalue weighted by Crippen LogP contribution is -3.09. The SMILES string of the molecule is C[NH+]1CCCCC1.C[NH+]1CCCCC1.[Br-].[Br-]. The Kier molecular flexibility index (Phi) is 14.8. The molecule has 0 aromatic rings. The van der Waals surface area contributed by atoms with Crippen molar-refractivity contribution < 1.29 is 43.8 Å². The topological polar surface area (TPSA) is 8.88 Å². The van der Waals surface area contributed by atoms with Gasteiger partial charge in [-0.15, -0.1) is 0 Å². The predicted molar refractivity (Wildman–Crippen MR) is 60.9 cm³/mol. The summed E-state index contributed by atoms with van der Waals surface area (Å²) in [5, 5.41) is 0. The first-order valence-corrected chi connectivity index (χ1v) is 6.41. The maximum absolute atomic E-state index is 2.28. The summed E-state index contributed by atoms with van der Waals surface area (Å²) in [6.45, 7) is 5.61. The standard InChI is InChI=1S/2C6H13N.2BrH/c2*1-7-5-3-2-4-6-7;;/h2*2-6H2,1H3;2*1H. The van der Waals surface area contributed by atoms with Gasteiger partial charge in [0.1, 0.15) is 0 Å². The van der Waals surface area contributed by atoms with E-state index in [1.54, 1.807) is 9.80 Å². The molecule has 2 fully saturated rings. The molecule has 2 saturated heterocycles. The lowest BCUT2D eigenvalue weighted by molar-refractivity contribution is -0.884. The Morgan fingerprint density at radius 3 is 0.875 bits per heavy atom. The van der Waals surface area contributed by atoms with Gasteiger partial charge in [0, 0.05) is 0 Å². The van der Waals surface area contributed by atoms with E-state index in [9.17, 15) is 0 Å². The van der Waals surface area contributed by atoms with Gasteiger partial charge < -0.3 is 43.8 Å². The van der Waals surface area contributed by atoms with E-state index in [0.29, 0.717) is 0 Å². The summed E-state index contributed by atoms with van der Waals surface area (Å²) >= 11 is 0. The molecule has 2 rings (SSSR count). The number of likely N-dealkylation sites (tertiary alicyclic amines) is 2. The van der Waals surface area contributed by atoms with Crippen LogP contribution in [-0.2, 0) is 0 Å². The fourth-order valence-electron chi connectivity index (χ4n) is 2.31. The first-order valence-electron chi connectivity index (χ1n) is 6.41. The average Bonchev–Trinajstić information content (AvgIpc) is 2.21. The van der Waals surface area contributed by atoms with Gasteiger partial charge >= 0.3 is 0 Å². The number of quaternary nitrogens is 2. The Morgan fingerprint density at radius 1 is 0.500 bits per heavy atom. The molecule has 0 bridgehead atoms. The van der Waals surface area contributed by atoms with Crippen molar-refractivity contribution >= 4 is 0 Å². The van der Waals surface area contributed by atoms with E-state index in [0.717, 1.165) is 0 Å². The van der Waals surface area contributed by atoms with Gasteiger partial charge in [-0.25, -0.2) is 0 Å². The van der Waals surface area contributed by atoms with E-state index in [1.807, 2.05) is 0 Å². The highest BCUT2D eigenvalue weighted by molar-refractivity contribution is 4.43. The third-order valence-electron chi connectivity index (χ3n) is 3.41. The van der Waals surface area contributed by atoms with Gasteiger partial charge in [0.25, 0.3) is 0 Å². The molecule has 0 atom stereocenters. The molecule has 0 saturated carbocycles. The van der Waals surface area contributed by atoms with Gasteiger partial charge in [-0.1, -0.05) is 0 Å². The smallest absolute Gasteiger partial charge is 0.0768 e. The van der Waals surface area contributed by atoms with Crippen LogP contribution in [0.1, 0.15) is 38.5 Å². The molecule has 2 aliphatic rings. The van der Waals surface area contributed by atoms with E-state index in [-0.39, 0.29) is 34.0 Å². The van der Waals surface area contributed by atoms with Crippen LogP contribution >= 0.6 is 0 Å². The lowest BCUT2D eigenvalue weighted by Gasteiger charge is -2.17. The minimum atomic E-state index is 0. The average molecular weight is 360 g/mol. The summed E-state index contributed by atoms with van der Waals surface area (Å²) in [7, 11) is 4.55. The first-order chi connectivity index (χ1) is 6.79. The number of piperidine rings is 2. The zero-order valence-electron chi connectivity index (χ0n) is 10.8. The number of hydrogen-bond acceptors (Lipinski definition) is 0. The van der Waals surface area contributed by atoms with Crippen LogP contribution < -0.4 is 43.8 Å². The van der Waals surface area contributed by atoms with E-state index in [2.05, 4.69) is 14.1 Å². The Morgan fingerprint density at radius 2 is 0.750 bits per heavy atom. The van der Waals surface area contributed by atoms with Crippen molar-refractivity contribution in [2.24, 2.45) is 0 Å². The van der Waals surface area contributed by atoms with Crippen LogP contribution in [0.4, 0.5) is 0 Å². The van der Waals surface area contributed by atoms with Gasteiger partial charge in [-0.2, -0.15) is 0 Å². The van der Waals surface area contributed by atoms with Crippen molar-refractivity contribution in [2.45, 2.75) is 38.5 Å². The van der Waals surface area contributed by atoms with E-state index in [1.165, 1.54) is 64.7 Å². The maximum Gasteiger partial charge on any atom is 0.0768 e. The van der Waals surface area contributed by atoms with Crippen LogP contribution in [0.2, 0.25) is 0 Å². The molecule has 4 heteroatoms. The molecule has 100 valence electrons. The molecular weight excluding hydrogens is 332 g/mol. The summed E-state index contributed by atoms with van der Waals surface area (Å²) in [4.78, 5) is 3.43. The highest BCUT2D eigenvalue weighted by Crippen LogP contribution is 1.93. The van der Waals surface area contributed by atoms with Crippen LogP contribution in [0.25, 0.3) is 0 Å². The molecule has 0 aromatic heterocycles. The molecule has 0 unspecified atom stereocenters. The largest absolute Gasteiger partial charge is 1.00 e. The molecule has 16 heavy (non-hydrogen) atoms. The normalized spacial score (nSPS) is 22.1. The van der Waals surface area contributed by atoms with Crippen LogP contribution in [-0.4, -0.2) is 40.3 Å². The second kappa shape index (κ2) is 12.3. The van der Waals surface area contributed by atoms with Gasteiger partial charge in [0.05, 0.1) is 40.3 Å². The summed E-state index contributed by atoms with van der Waals surface area (Å²) < 4.78 is 0. The van der Waals surface area contributed by atoms with Crippen LogP contribution in [0.5, 0.6) is 0 Å². The maximum atomic E-state index is 2.28. The molecule has 2 N–H and O–H groups in total. The highest BCUT2D eigenvalue weighted by atomic mass is 79.9. The highest BCUT2D eigenvalue weighted by Gasteiger charge is 2.06. The fourth-order valence-corrected chi connectivity index (χ4v) is 2.31. The summed E-state index contributed by atoms with van der Waals surface area (Å²) in [6, 6.07) is 0. The molecule has 0 spiro atoms. The van der Waals surface area contributed by atoms with Crippen molar-refractivity contribution in [1.82, 2.24) is 0 Å². The van der Waals surface area contributed by atoms with Crippen molar-refractivity contribution in [3.8, 4) is 0 Å². The summed E-state index contributed by atoms with van der Waals surface area (Å²) in [5.41, 5.74) is 0. The number of halogens is 2. The van der Waals surface area contributed by atoms with Crippen LogP contribution in [0.3, 0.4) is 0 Å².